The molecule has 4 rings (SSSR count). The highest BCUT2D eigenvalue weighted by molar-refractivity contribution is 5.78. The van der Waals surface area contributed by atoms with Crippen LogP contribution in [0.25, 0.3) is 11.4 Å². The van der Waals surface area contributed by atoms with E-state index in [1.165, 1.54) is 7.11 Å². The second-order valence-electron chi connectivity index (χ2n) is 7.24. The molecule has 32 heavy (non-hydrogen) atoms. The van der Waals surface area contributed by atoms with Crippen molar-refractivity contribution in [2.45, 2.75) is 0 Å². The monoisotopic (exact) mass is 429 g/mol. The standard InChI is InChI=1S/C24H23N5O3/c1-31-21-15-18(16-25)7-8-20(21)32-17-23(30)29-13-11-28(12-14-29)22-9-10-26-24(27-22)19-5-3-2-4-6-19/h2-10,15H,11-14,17H2,1H3. The van der Waals surface area contributed by atoms with Crippen LogP contribution in [-0.4, -0.2) is 60.7 Å². The van der Waals surface area contributed by atoms with Gasteiger partial charge in [0.15, 0.2) is 23.9 Å². The van der Waals surface area contributed by atoms with Crippen LogP contribution in [0.5, 0.6) is 11.5 Å². The zero-order valence-corrected chi connectivity index (χ0v) is 17.8. The van der Waals surface area contributed by atoms with Gasteiger partial charge >= 0.3 is 0 Å². The second kappa shape index (κ2) is 9.79. The van der Waals surface area contributed by atoms with Gasteiger partial charge in [-0.3, -0.25) is 4.79 Å². The van der Waals surface area contributed by atoms with Gasteiger partial charge in [-0.1, -0.05) is 30.3 Å². The molecule has 0 atom stereocenters. The molecule has 0 unspecified atom stereocenters. The molecule has 2 heterocycles. The van der Waals surface area contributed by atoms with Crippen molar-refractivity contribution in [1.29, 1.82) is 5.26 Å². The van der Waals surface area contributed by atoms with Crippen molar-refractivity contribution < 1.29 is 14.3 Å². The second-order valence-corrected chi connectivity index (χ2v) is 7.24. The van der Waals surface area contributed by atoms with Crippen LogP contribution in [0.1, 0.15) is 5.56 Å². The number of piperazine rings is 1. The Bertz CT molecular complexity index is 1120. The van der Waals surface area contributed by atoms with Gasteiger partial charge in [-0.2, -0.15) is 5.26 Å². The zero-order chi connectivity index (χ0) is 22.3. The lowest BCUT2D eigenvalue weighted by molar-refractivity contribution is -0.133. The maximum atomic E-state index is 12.6. The first-order chi connectivity index (χ1) is 15.7. The number of hydrogen-bond donors (Lipinski definition) is 0. The number of hydrogen-bond acceptors (Lipinski definition) is 7. The summed E-state index contributed by atoms with van der Waals surface area (Å²) in [5, 5.41) is 8.99. The summed E-state index contributed by atoms with van der Waals surface area (Å²) in [6, 6.07) is 18.7. The molecule has 1 fully saturated rings. The van der Waals surface area contributed by atoms with E-state index in [-0.39, 0.29) is 12.5 Å². The van der Waals surface area contributed by atoms with E-state index in [2.05, 4.69) is 16.0 Å². The number of methoxy groups -OCH3 is 1. The van der Waals surface area contributed by atoms with Gasteiger partial charge in [-0.05, 0) is 18.2 Å². The Kier molecular flexibility index (Phi) is 6.46. The van der Waals surface area contributed by atoms with E-state index in [1.807, 2.05) is 36.4 Å². The van der Waals surface area contributed by atoms with Crippen LogP contribution < -0.4 is 14.4 Å². The van der Waals surface area contributed by atoms with Crippen LogP contribution in [0.2, 0.25) is 0 Å². The first-order valence-electron chi connectivity index (χ1n) is 10.3. The summed E-state index contributed by atoms with van der Waals surface area (Å²) < 4.78 is 10.9. The number of ether oxygens (including phenoxy) is 2. The fraction of sp³-hybridized carbons (Fsp3) is 0.250. The van der Waals surface area contributed by atoms with Gasteiger partial charge in [0, 0.05) is 44.0 Å². The van der Waals surface area contributed by atoms with E-state index in [1.54, 1.807) is 29.3 Å². The fourth-order valence-electron chi connectivity index (χ4n) is 3.52. The summed E-state index contributed by atoms with van der Waals surface area (Å²) >= 11 is 0. The van der Waals surface area contributed by atoms with E-state index >= 15 is 0 Å². The molecule has 162 valence electrons. The number of carbonyl (C=O) groups is 1. The van der Waals surface area contributed by atoms with Crippen LogP contribution in [-0.2, 0) is 4.79 Å². The summed E-state index contributed by atoms with van der Waals surface area (Å²) in [7, 11) is 1.50. The van der Waals surface area contributed by atoms with Gasteiger partial charge in [-0.25, -0.2) is 9.97 Å². The van der Waals surface area contributed by atoms with Crippen LogP contribution >= 0.6 is 0 Å². The summed E-state index contributed by atoms with van der Waals surface area (Å²) in [5.41, 5.74) is 1.44. The first-order valence-corrected chi connectivity index (χ1v) is 10.3. The first kappa shape index (κ1) is 21.1. The molecule has 0 spiro atoms. The minimum atomic E-state index is -0.0938. The number of amides is 1. The average Bonchev–Trinajstić information content (AvgIpc) is 2.87. The van der Waals surface area contributed by atoms with E-state index in [0.717, 1.165) is 11.4 Å². The van der Waals surface area contributed by atoms with Crippen molar-refractivity contribution in [1.82, 2.24) is 14.9 Å². The van der Waals surface area contributed by atoms with Crippen molar-refractivity contribution in [2.24, 2.45) is 0 Å². The molecule has 0 saturated carbocycles. The highest BCUT2D eigenvalue weighted by atomic mass is 16.5. The number of anilines is 1. The van der Waals surface area contributed by atoms with Gasteiger partial charge < -0.3 is 19.3 Å². The quantitative estimate of drug-likeness (QED) is 0.595. The van der Waals surface area contributed by atoms with E-state index in [9.17, 15) is 4.79 Å². The molecular formula is C24H23N5O3. The molecule has 1 aliphatic heterocycles. The molecule has 1 aliphatic rings. The predicted octanol–water partition coefficient (Wildman–Crippen LogP) is 2.75. The Hall–Kier alpha value is -4.12. The van der Waals surface area contributed by atoms with Gasteiger partial charge in [0.05, 0.1) is 18.7 Å². The largest absolute Gasteiger partial charge is 0.493 e. The number of benzene rings is 2. The minimum Gasteiger partial charge on any atom is -0.493 e. The number of rotatable bonds is 6. The maximum absolute atomic E-state index is 12.6. The van der Waals surface area contributed by atoms with Crippen molar-refractivity contribution in [2.75, 3.05) is 44.8 Å². The Morgan fingerprint density at radius 2 is 1.84 bits per heavy atom. The smallest absolute Gasteiger partial charge is 0.260 e. The zero-order valence-electron chi connectivity index (χ0n) is 17.8. The van der Waals surface area contributed by atoms with Crippen LogP contribution in [0.3, 0.4) is 0 Å². The lowest BCUT2D eigenvalue weighted by atomic mass is 10.2. The van der Waals surface area contributed by atoms with Gasteiger partial charge in [0.2, 0.25) is 0 Å². The van der Waals surface area contributed by atoms with Crippen molar-refractivity contribution in [3.05, 3.63) is 66.4 Å². The molecule has 0 bridgehead atoms. The van der Waals surface area contributed by atoms with E-state index < -0.39 is 0 Å². The molecule has 0 radical (unpaired) electrons. The number of aromatic nitrogens is 2. The van der Waals surface area contributed by atoms with Crippen molar-refractivity contribution >= 4 is 11.7 Å². The molecular weight excluding hydrogens is 406 g/mol. The summed E-state index contributed by atoms with van der Waals surface area (Å²) in [6.07, 6.45) is 1.76. The highest BCUT2D eigenvalue weighted by Gasteiger charge is 2.23. The Morgan fingerprint density at radius 3 is 2.56 bits per heavy atom. The predicted molar refractivity (Wildman–Crippen MR) is 119 cm³/mol. The minimum absolute atomic E-state index is 0.0894. The van der Waals surface area contributed by atoms with Crippen LogP contribution in [0.15, 0.2) is 60.8 Å². The number of nitriles is 1. The van der Waals surface area contributed by atoms with Gasteiger partial charge in [0.1, 0.15) is 5.82 Å². The Labute approximate surface area is 186 Å². The van der Waals surface area contributed by atoms with Crippen LogP contribution in [0, 0.1) is 11.3 Å². The SMILES string of the molecule is COc1cc(C#N)ccc1OCC(=O)N1CCN(c2ccnc(-c3ccccc3)n2)CC1. The molecule has 1 saturated heterocycles. The lowest BCUT2D eigenvalue weighted by Crippen LogP contribution is -2.50. The lowest BCUT2D eigenvalue weighted by Gasteiger charge is -2.35. The molecule has 8 heteroatoms. The molecule has 0 aliphatic carbocycles. The normalized spacial score (nSPS) is 13.4. The molecule has 0 N–H and O–H groups in total. The molecule has 1 amide bonds. The number of carbonyl (C=O) groups excluding carboxylic acids is 1. The third kappa shape index (κ3) is 4.78. The topological polar surface area (TPSA) is 91.6 Å². The fourth-order valence-corrected chi connectivity index (χ4v) is 3.52. The Balaban J connectivity index is 1.33. The highest BCUT2D eigenvalue weighted by Crippen LogP contribution is 2.28. The van der Waals surface area contributed by atoms with Crippen molar-refractivity contribution in [3.8, 4) is 29.0 Å². The molecule has 1 aromatic heterocycles. The number of nitrogens with zero attached hydrogens (tertiary/aromatic N) is 5. The van der Waals surface area contributed by atoms with Gasteiger partial charge in [-0.15, -0.1) is 0 Å². The summed E-state index contributed by atoms with van der Waals surface area (Å²) in [4.78, 5) is 25.7. The molecule has 8 nitrogen and oxygen atoms in total. The third-order valence-corrected chi connectivity index (χ3v) is 5.27. The van der Waals surface area contributed by atoms with Crippen molar-refractivity contribution in [3.63, 3.8) is 0 Å². The van der Waals surface area contributed by atoms with Crippen LogP contribution in [0.4, 0.5) is 5.82 Å². The maximum Gasteiger partial charge on any atom is 0.260 e. The van der Waals surface area contributed by atoms with E-state index in [4.69, 9.17) is 19.7 Å². The average molecular weight is 429 g/mol. The Morgan fingerprint density at radius 1 is 1.06 bits per heavy atom. The molecule has 2 aromatic carbocycles. The summed E-state index contributed by atoms with van der Waals surface area (Å²) in [5.74, 6) is 2.31. The van der Waals surface area contributed by atoms with Gasteiger partial charge in [0.25, 0.3) is 5.91 Å². The molecule has 3 aromatic rings. The third-order valence-electron chi connectivity index (χ3n) is 5.27. The summed E-state index contributed by atoms with van der Waals surface area (Å²) in [6.45, 7) is 2.43. The van der Waals surface area contributed by atoms with E-state index in [0.29, 0.717) is 49.1 Å².